The first-order valence-corrected chi connectivity index (χ1v) is 9.46. The molecule has 2 aromatic carbocycles. The van der Waals surface area contributed by atoms with Crippen LogP contribution >= 0.6 is 11.3 Å². The standard InChI is InChI=1S/C21H15FN2O4S/c1-27-20(25)15-17(14-9-8-12-10-11-29-19(12)16(14)22)23-24(18(15)21(26)28-2)13-6-4-3-5-7-13/h3-11H,1-2H3. The summed E-state index contributed by atoms with van der Waals surface area (Å²) >= 11 is 1.24. The van der Waals surface area contributed by atoms with Crippen LogP contribution in [0.25, 0.3) is 27.0 Å². The van der Waals surface area contributed by atoms with Gasteiger partial charge in [-0.15, -0.1) is 11.3 Å². The molecule has 0 amide bonds. The number of methoxy groups -OCH3 is 2. The second-order valence-corrected chi connectivity index (χ2v) is 6.98. The fraction of sp³-hybridized carbons (Fsp3) is 0.0952. The van der Waals surface area contributed by atoms with E-state index in [1.807, 2.05) is 0 Å². The second-order valence-electron chi connectivity index (χ2n) is 6.07. The van der Waals surface area contributed by atoms with Gasteiger partial charge < -0.3 is 9.47 Å². The van der Waals surface area contributed by atoms with Crippen LogP contribution in [0.4, 0.5) is 4.39 Å². The Balaban J connectivity index is 2.07. The molecular weight excluding hydrogens is 395 g/mol. The molecule has 0 atom stereocenters. The Hall–Kier alpha value is -3.52. The first-order valence-electron chi connectivity index (χ1n) is 8.58. The molecule has 0 N–H and O–H groups in total. The summed E-state index contributed by atoms with van der Waals surface area (Å²) in [5.41, 5.74) is 0.334. The average Bonchev–Trinajstić information content (AvgIpc) is 3.39. The van der Waals surface area contributed by atoms with Gasteiger partial charge in [0.1, 0.15) is 17.1 Å². The topological polar surface area (TPSA) is 70.4 Å². The van der Waals surface area contributed by atoms with Gasteiger partial charge in [-0.2, -0.15) is 5.10 Å². The molecule has 0 saturated heterocycles. The highest BCUT2D eigenvalue weighted by Crippen LogP contribution is 2.35. The van der Waals surface area contributed by atoms with Gasteiger partial charge >= 0.3 is 11.9 Å². The van der Waals surface area contributed by atoms with Crippen molar-refractivity contribution in [2.75, 3.05) is 14.2 Å². The number of para-hydroxylation sites is 1. The molecule has 0 aliphatic carbocycles. The van der Waals surface area contributed by atoms with Crippen molar-refractivity contribution < 1.29 is 23.5 Å². The molecule has 8 heteroatoms. The Bertz CT molecular complexity index is 1230. The molecule has 2 heterocycles. The van der Waals surface area contributed by atoms with Crippen LogP contribution in [-0.4, -0.2) is 35.9 Å². The summed E-state index contributed by atoms with van der Waals surface area (Å²) in [5, 5.41) is 6.94. The normalized spacial score (nSPS) is 10.9. The maximum Gasteiger partial charge on any atom is 0.357 e. The largest absolute Gasteiger partial charge is 0.465 e. The van der Waals surface area contributed by atoms with Crippen molar-refractivity contribution in [3.8, 4) is 16.9 Å². The number of nitrogens with zero attached hydrogens (tertiary/aromatic N) is 2. The van der Waals surface area contributed by atoms with Crippen LogP contribution in [0.1, 0.15) is 20.8 Å². The van der Waals surface area contributed by atoms with Gasteiger partial charge in [0, 0.05) is 5.56 Å². The predicted octanol–water partition coefficient (Wildman–Crippen LogP) is 4.47. The molecule has 0 aliphatic heterocycles. The summed E-state index contributed by atoms with van der Waals surface area (Å²) in [5.74, 6) is -2.12. The molecule has 6 nitrogen and oxygen atoms in total. The molecule has 0 radical (unpaired) electrons. The minimum absolute atomic E-state index is 0.00824. The first kappa shape index (κ1) is 18.8. The Kier molecular flexibility index (Phi) is 4.85. The molecule has 29 heavy (non-hydrogen) atoms. The van der Waals surface area contributed by atoms with Gasteiger partial charge in [-0.1, -0.05) is 24.3 Å². The number of halogens is 1. The van der Waals surface area contributed by atoms with Gasteiger partial charge in [0.15, 0.2) is 5.69 Å². The lowest BCUT2D eigenvalue weighted by Gasteiger charge is -2.07. The van der Waals surface area contributed by atoms with Crippen molar-refractivity contribution in [2.24, 2.45) is 0 Å². The fourth-order valence-electron chi connectivity index (χ4n) is 3.12. The third kappa shape index (κ3) is 3.07. The lowest BCUT2D eigenvalue weighted by atomic mass is 10.0. The number of carbonyl (C=O) groups is 2. The van der Waals surface area contributed by atoms with Gasteiger partial charge in [-0.25, -0.2) is 18.7 Å². The Morgan fingerprint density at radius 2 is 1.72 bits per heavy atom. The van der Waals surface area contributed by atoms with E-state index >= 15 is 4.39 Å². The third-order valence-electron chi connectivity index (χ3n) is 4.47. The monoisotopic (exact) mass is 410 g/mol. The summed E-state index contributed by atoms with van der Waals surface area (Å²) in [6.45, 7) is 0. The van der Waals surface area contributed by atoms with Crippen molar-refractivity contribution in [1.82, 2.24) is 9.78 Å². The van der Waals surface area contributed by atoms with Crippen LogP contribution in [0.5, 0.6) is 0 Å². The molecule has 0 spiro atoms. The molecule has 0 saturated carbocycles. The number of thiophene rings is 1. The lowest BCUT2D eigenvalue weighted by molar-refractivity contribution is 0.0549. The maximum absolute atomic E-state index is 15.3. The van der Waals surface area contributed by atoms with E-state index in [9.17, 15) is 9.59 Å². The van der Waals surface area contributed by atoms with Crippen molar-refractivity contribution >= 4 is 33.4 Å². The van der Waals surface area contributed by atoms with Crippen molar-refractivity contribution in [2.45, 2.75) is 0 Å². The van der Waals surface area contributed by atoms with E-state index in [1.165, 1.54) is 36.3 Å². The number of benzene rings is 2. The molecule has 0 fully saturated rings. The minimum atomic E-state index is -0.812. The van der Waals surface area contributed by atoms with E-state index < -0.39 is 17.8 Å². The van der Waals surface area contributed by atoms with Gasteiger partial charge in [0.2, 0.25) is 0 Å². The number of rotatable bonds is 4. The van der Waals surface area contributed by atoms with Gasteiger partial charge in [0.25, 0.3) is 0 Å². The second kappa shape index (κ2) is 7.48. The molecular formula is C21H15FN2O4S. The molecule has 2 aromatic heterocycles. The van der Waals surface area contributed by atoms with E-state index in [2.05, 4.69) is 5.10 Å². The predicted molar refractivity (Wildman–Crippen MR) is 107 cm³/mol. The number of hydrogen-bond donors (Lipinski definition) is 0. The summed E-state index contributed by atoms with van der Waals surface area (Å²) < 4.78 is 26.7. The highest BCUT2D eigenvalue weighted by atomic mass is 32.1. The van der Waals surface area contributed by atoms with E-state index in [1.54, 1.807) is 47.8 Å². The average molecular weight is 410 g/mol. The Labute approximate surface area is 169 Å². The van der Waals surface area contributed by atoms with E-state index in [0.29, 0.717) is 10.4 Å². The van der Waals surface area contributed by atoms with Crippen molar-refractivity contribution in [3.63, 3.8) is 0 Å². The highest BCUT2D eigenvalue weighted by molar-refractivity contribution is 7.17. The molecule has 0 aliphatic rings. The minimum Gasteiger partial charge on any atom is -0.465 e. The van der Waals surface area contributed by atoms with Crippen LogP contribution in [0.2, 0.25) is 0 Å². The summed E-state index contributed by atoms with van der Waals surface area (Å²) in [6.07, 6.45) is 0. The zero-order valence-electron chi connectivity index (χ0n) is 15.5. The molecule has 146 valence electrons. The molecule has 4 rings (SSSR count). The van der Waals surface area contributed by atoms with Gasteiger partial charge in [-0.05, 0) is 35.0 Å². The highest BCUT2D eigenvalue weighted by Gasteiger charge is 2.32. The Morgan fingerprint density at radius 3 is 2.41 bits per heavy atom. The van der Waals surface area contributed by atoms with Crippen LogP contribution in [0.3, 0.4) is 0 Å². The third-order valence-corrected chi connectivity index (χ3v) is 5.39. The van der Waals surface area contributed by atoms with E-state index in [-0.39, 0.29) is 22.5 Å². The van der Waals surface area contributed by atoms with Gasteiger partial charge in [0.05, 0.1) is 24.6 Å². The molecule has 0 unspecified atom stereocenters. The maximum atomic E-state index is 15.3. The summed E-state index contributed by atoms with van der Waals surface area (Å²) in [6, 6.07) is 13.8. The zero-order chi connectivity index (χ0) is 20.5. The fourth-order valence-corrected chi connectivity index (χ4v) is 3.96. The molecule has 4 aromatic rings. The van der Waals surface area contributed by atoms with Crippen molar-refractivity contribution in [3.05, 3.63) is 71.0 Å². The number of carbonyl (C=O) groups excluding carboxylic acids is 2. The van der Waals surface area contributed by atoms with Crippen molar-refractivity contribution in [1.29, 1.82) is 0 Å². The van der Waals surface area contributed by atoms with Crippen LogP contribution in [0.15, 0.2) is 53.9 Å². The van der Waals surface area contributed by atoms with E-state index in [4.69, 9.17) is 9.47 Å². The number of aromatic nitrogens is 2. The number of hydrogen-bond acceptors (Lipinski definition) is 6. The SMILES string of the molecule is COC(=O)c1c(-c2ccc3ccsc3c2F)nn(-c2ccccc2)c1C(=O)OC. The Morgan fingerprint density at radius 1 is 1.00 bits per heavy atom. The van der Waals surface area contributed by atoms with Crippen LogP contribution in [-0.2, 0) is 9.47 Å². The van der Waals surface area contributed by atoms with E-state index in [0.717, 1.165) is 5.39 Å². The number of ether oxygens (including phenoxy) is 2. The summed E-state index contributed by atoms with van der Waals surface area (Å²) in [4.78, 5) is 25.2. The lowest BCUT2D eigenvalue weighted by Crippen LogP contribution is -2.15. The summed E-state index contributed by atoms with van der Waals surface area (Å²) in [7, 11) is 2.38. The molecule has 0 bridgehead atoms. The number of fused-ring (bicyclic) bond motifs is 1. The van der Waals surface area contributed by atoms with Crippen LogP contribution < -0.4 is 0 Å². The first-order chi connectivity index (χ1) is 14.1. The zero-order valence-corrected chi connectivity index (χ0v) is 16.3. The van der Waals surface area contributed by atoms with Crippen LogP contribution in [0, 0.1) is 5.82 Å². The number of esters is 2. The van der Waals surface area contributed by atoms with Gasteiger partial charge in [-0.3, -0.25) is 0 Å². The smallest absolute Gasteiger partial charge is 0.357 e. The quantitative estimate of drug-likeness (QED) is 0.465.